The zero-order valence-corrected chi connectivity index (χ0v) is 20.4. The molecule has 0 spiro atoms. The maximum Gasteiger partial charge on any atom is 0.328 e. The fourth-order valence-electron chi connectivity index (χ4n) is 4.99. The van der Waals surface area contributed by atoms with E-state index in [0.29, 0.717) is 12.4 Å². The number of tetrazole rings is 1. The first kappa shape index (κ1) is 23.7. The van der Waals surface area contributed by atoms with Gasteiger partial charge in [0.2, 0.25) is 0 Å². The largest absolute Gasteiger partial charge is 0.478 e. The molecule has 0 aliphatic heterocycles. The monoisotopic (exact) mass is 482 g/mol. The van der Waals surface area contributed by atoms with Crippen LogP contribution in [0.1, 0.15) is 61.8 Å². The highest BCUT2D eigenvalue weighted by molar-refractivity contribution is 5.90. The molecule has 2 heterocycles. The van der Waals surface area contributed by atoms with Crippen molar-refractivity contribution in [1.82, 2.24) is 30.2 Å². The molecule has 8 heteroatoms. The molecule has 2 aromatic heterocycles. The number of unbranched alkanes of at least 4 members (excludes halogenated alkanes) is 1. The number of aliphatic carboxylic acids is 1. The van der Waals surface area contributed by atoms with Crippen LogP contribution in [0.5, 0.6) is 0 Å². The first-order valence-corrected chi connectivity index (χ1v) is 12.6. The summed E-state index contributed by atoms with van der Waals surface area (Å²) in [7, 11) is 0. The lowest BCUT2D eigenvalue weighted by molar-refractivity contribution is -0.131. The maximum absolute atomic E-state index is 11.6. The van der Waals surface area contributed by atoms with E-state index in [1.165, 1.54) is 6.08 Å². The lowest BCUT2D eigenvalue weighted by atomic mass is 9.98. The second-order valence-electron chi connectivity index (χ2n) is 9.22. The molecule has 0 fully saturated rings. The first-order chi connectivity index (χ1) is 17.6. The first-order valence-electron chi connectivity index (χ1n) is 12.6. The van der Waals surface area contributed by atoms with Crippen molar-refractivity contribution in [3.05, 3.63) is 77.4 Å². The van der Waals surface area contributed by atoms with E-state index in [9.17, 15) is 9.90 Å². The number of hydrogen-bond acceptors (Lipinski definition) is 5. The van der Waals surface area contributed by atoms with Crippen molar-refractivity contribution in [3.8, 4) is 22.5 Å². The molecule has 184 valence electrons. The van der Waals surface area contributed by atoms with Crippen molar-refractivity contribution >= 4 is 11.5 Å². The SMILES string of the molecule is CCCCc1nc2c(n1Cc1ccc(-c3ccccc3-c3nnn[nH]3)cc1)C(=CC(=O)O)CCCC2. The van der Waals surface area contributed by atoms with Crippen LogP contribution in [-0.2, 0) is 24.2 Å². The van der Waals surface area contributed by atoms with Crippen LogP contribution in [0.3, 0.4) is 0 Å². The number of aromatic nitrogens is 6. The average Bonchev–Trinajstić information content (AvgIpc) is 3.49. The van der Waals surface area contributed by atoms with Crippen molar-refractivity contribution in [1.29, 1.82) is 0 Å². The van der Waals surface area contributed by atoms with E-state index in [-0.39, 0.29) is 0 Å². The smallest absolute Gasteiger partial charge is 0.328 e. The Kier molecular flexibility index (Phi) is 7.02. The summed E-state index contributed by atoms with van der Waals surface area (Å²) in [5.41, 5.74) is 7.15. The number of benzene rings is 2. The van der Waals surface area contributed by atoms with E-state index in [4.69, 9.17) is 4.98 Å². The Bertz CT molecular complexity index is 1370. The van der Waals surface area contributed by atoms with Crippen LogP contribution in [0.2, 0.25) is 0 Å². The number of rotatable bonds is 8. The summed E-state index contributed by atoms with van der Waals surface area (Å²) >= 11 is 0. The zero-order chi connectivity index (χ0) is 24.9. The van der Waals surface area contributed by atoms with Gasteiger partial charge in [-0.2, -0.15) is 0 Å². The van der Waals surface area contributed by atoms with Gasteiger partial charge in [-0.25, -0.2) is 14.9 Å². The van der Waals surface area contributed by atoms with Gasteiger partial charge in [-0.05, 0) is 64.8 Å². The third-order valence-electron chi connectivity index (χ3n) is 6.72. The quantitative estimate of drug-likeness (QED) is 0.260. The number of imidazole rings is 1. The van der Waals surface area contributed by atoms with E-state index in [2.05, 4.69) is 62.4 Å². The Labute approximate surface area is 210 Å². The van der Waals surface area contributed by atoms with Gasteiger partial charge in [-0.15, -0.1) is 5.10 Å². The fourth-order valence-corrected chi connectivity index (χ4v) is 4.99. The summed E-state index contributed by atoms with van der Waals surface area (Å²) in [6.45, 7) is 2.84. The van der Waals surface area contributed by atoms with Crippen molar-refractivity contribution < 1.29 is 9.90 Å². The molecule has 1 aliphatic carbocycles. The molecule has 2 aromatic carbocycles. The summed E-state index contributed by atoms with van der Waals surface area (Å²) < 4.78 is 2.26. The minimum atomic E-state index is -0.898. The number of aryl methyl sites for hydroxylation is 2. The standard InChI is InChI=1S/C28H30N6O2/c1-2-3-12-25-29-24-11-7-4-8-21(17-26(35)36)27(24)34(25)18-19-13-15-20(16-14-19)22-9-5-6-10-23(22)28-30-32-33-31-28/h5-6,9-10,13-17H,2-4,7-8,11-12,18H2,1H3,(H,35,36)(H,30,31,32,33). The number of allylic oxidation sites excluding steroid dienone is 1. The maximum atomic E-state index is 11.6. The minimum absolute atomic E-state index is 0.633. The molecule has 5 rings (SSSR count). The molecule has 0 radical (unpaired) electrons. The Hall–Kier alpha value is -4.07. The van der Waals surface area contributed by atoms with Gasteiger partial charge >= 0.3 is 5.97 Å². The lowest BCUT2D eigenvalue weighted by Crippen LogP contribution is -2.10. The Morgan fingerprint density at radius 1 is 1.08 bits per heavy atom. The van der Waals surface area contributed by atoms with E-state index in [1.54, 1.807) is 0 Å². The highest BCUT2D eigenvalue weighted by atomic mass is 16.4. The summed E-state index contributed by atoms with van der Waals surface area (Å²) in [5, 5.41) is 23.9. The molecule has 2 N–H and O–H groups in total. The normalized spacial score (nSPS) is 14.5. The Balaban J connectivity index is 1.50. The number of H-pyrrole nitrogens is 1. The van der Waals surface area contributed by atoms with Gasteiger partial charge in [0.1, 0.15) is 5.82 Å². The predicted molar refractivity (Wildman–Crippen MR) is 138 cm³/mol. The Morgan fingerprint density at radius 3 is 2.58 bits per heavy atom. The second-order valence-corrected chi connectivity index (χ2v) is 9.22. The molecule has 0 bridgehead atoms. The Morgan fingerprint density at radius 2 is 1.86 bits per heavy atom. The molecular weight excluding hydrogens is 452 g/mol. The number of carbonyl (C=O) groups is 1. The number of nitrogens with one attached hydrogen (secondary N) is 1. The molecule has 0 saturated heterocycles. The zero-order valence-electron chi connectivity index (χ0n) is 20.4. The summed E-state index contributed by atoms with van der Waals surface area (Å²) in [4.78, 5) is 16.6. The summed E-state index contributed by atoms with van der Waals surface area (Å²) in [6, 6.07) is 16.6. The van der Waals surface area contributed by atoms with E-state index < -0.39 is 5.97 Å². The molecule has 1 aliphatic rings. The molecule has 0 atom stereocenters. The van der Waals surface area contributed by atoms with E-state index in [0.717, 1.165) is 90.0 Å². The van der Waals surface area contributed by atoms with Gasteiger partial charge in [0, 0.05) is 24.6 Å². The molecule has 4 aromatic rings. The van der Waals surface area contributed by atoms with Crippen LogP contribution in [0, 0.1) is 0 Å². The van der Waals surface area contributed by atoms with Crippen molar-refractivity contribution in [2.24, 2.45) is 0 Å². The lowest BCUT2D eigenvalue weighted by Gasteiger charge is -2.15. The molecule has 0 saturated carbocycles. The number of fused-ring (bicyclic) bond motifs is 1. The molecule has 8 nitrogen and oxygen atoms in total. The molecule has 36 heavy (non-hydrogen) atoms. The van der Waals surface area contributed by atoms with E-state index >= 15 is 0 Å². The number of carboxylic acid groups (broad SMARTS) is 1. The summed E-state index contributed by atoms with van der Waals surface area (Å²) in [6.07, 6.45) is 8.09. The van der Waals surface area contributed by atoms with Gasteiger partial charge in [0.05, 0.1) is 11.4 Å². The molecule has 0 amide bonds. The van der Waals surface area contributed by atoms with E-state index in [1.807, 2.05) is 18.2 Å². The van der Waals surface area contributed by atoms with Gasteiger partial charge in [-0.3, -0.25) is 0 Å². The average molecular weight is 483 g/mol. The number of hydrogen-bond donors (Lipinski definition) is 2. The number of carboxylic acids is 1. The fraction of sp³-hybridized carbons (Fsp3) is 0.321. The van der Waals surface area contributed by atoms with Crippen molar-refractivity contribution in [3.63, 3.8) is 0 Å². The number of nitrogens with zero attached hydrogens (tertiary/aromatic N) is 5. The van der Waals surface area contributed by atoms with Crippen LogP contribution in [0.15, 0.2) is 54.6 Å². The van der Waals surface area contributed by atoms with Gasteiger partial charge < -0.3 is 9.67 Å². The highest BCUT2D eigenvalue weighted by Gasteiger charge is 2.23. The van der Waals surface area contributed by atoms with Gasteiger partial charge in [-0.1, -0.05) is 61.9 Å². The van der Waals surface area contributed by atoms with Gasteiger partial charge in [0.15, 0.2) is 5.82 Å². The van der Waals surface area contributed by atoms with Crippen LogP contribution < -0.4 is 0 Å². The van der Waals surface area contributed by atoms with Crippen LogP contribution in [-0.4, -0.2) is 41.3 Å². The van der Waals surface area contributed by atoms with Gasteiger partial charge in [0.25, 0.3) is 0 Å². The van der Waals surface area contributed by atoms with Crippen LogP contribution in [0.4, 0.5) is 0 Å². The third-order valence-corrected chi connectivity index (χ3v) is 6.72. The topological polar surface area (TPSA) is 110 Å². The molecular formula is C28H30N6O2. The van der Waals surface area contributed by atoms with Crippen LogP contribution in [0.25, 0.3) is 28.1 Å². The predicted octanol–water partition coefficient (Wildman–Crippen LogP) is 5.32. The number of aromatic amines is 1. The van der Waals surface area contributed by atoms with Crippen molar-refractivity contribution in [2.45, 2.75) is 58.4 Å². The third kappa shape index (κ3) is 4.98. The van der Waals surface area contributed by atoms with Crippen LogP contribution >= 0.6 is 0 Å². The molecule has 0 unspecified atom stereocenters. The second kappa shape index (κ2) is 10.7. The minimum Gasteiger partial charge on any atom is -0.478 e. The highest BCUT2D eigenvalue weighted by Crippen LogP contribution is 2.33. The summed E-state index contributed by atoms with van der Waals surface area (Å²) in [5.74, 6) is 0.784. The van der Waals surface area contributed by atoms with Crippen molar-refractivity contribution in [2.75, 3.05) is 0 Å².